The van der Waals surface area contributed by atoms with Crippen LogP contribution in [0.4, 0.5) is 0 Å². The Kier molecular flexibility index (Phi) is 3.06. The summed E-state index contributed by atoms with van der Waals surface area (Å²) in [7, 11) is 0. The van der Waals surface area contributed by atoms with E-state index in [1.807, 2.05) is 4.90 Å². The van der Waals surface area contributed by atoms with E-state index in [4.69, 9.17) is 0 Å². The van der Waals surface area contributed by atoms with Crippen LogP contribution in [0.15, 0.2) is 0 Å². The minimum absolute atomic E-state index is 0.238. The molecule has 0 aromatic rings. The fourth-order valence-electron chi connectivity index (χ4n) is 2.49. The van der Waals surface area contributed by atoms with Crippen molar-refractivity contribution in [2.75, 3.05) is 26.2 Å². The lowest BCUT2D eigenvalue weighted by Crippen LogP contribution is -2.45. The van der Waals surface area contributed by atoms with Crippen LogP contribution in [0.1, 0.15) is 26.2 Å². The van der Waals surface area contributed by atoms with Gasteiger partial charge in [0, 0.05) is 19.6 Å². The van der Waals surface area contributed by atoms with Crippen LogP contribution in [0.25, 0.3) is 0 Å². The summed E-state index contributed by atoms with van der Waals surface area (Å²) in [6, 6.07) is 0. The van der Waals surface area contributed by atoms with Gasteiger partial charge in [0.1, 0.15) is 0 Å². The van der Waals surface area contributed by atoms with Gasteiger partial charge in [-0.3, -0.25) is 4.79 Å². The minimum atomic E-state index is 0.238. The van der Waals surface area contributed by atoms with Gasteiger partial charge in [0.25, 0.3) is 0 Å². The molecule has 0 bridgehead atoms. The summed E-state index contributed by atoms with van der Waals surface area (Å²) >= 11 is 0. The molecule has 80 valence electrons. The third-order valence-corrected chi connectivity index (χ3v) is 3.56. The van der Waals surface area contributed by atoms with Gasteiger partial charge in [-0.2, -0.15) is 0 Å². The second-order valence-corrected chi connectivity index (χ2v) is 4.61. The summed E-state index contributed by atoms with van der Waals surface area (Å²) in [5, 5.41) is 3.32. The highest BCUT2D eigenvalue weighted by Gasteiger charge is 2.31. The predicted molar refractivity (Wildman–Crippen MR) is 56.0 cm³/mol. The van der Waals surface area contributed by atoms with Crippen molar-refractivity contribution < 1.29 is 4.79 Å². The number of nitrogens with one attached hydrogen (secondary N) is 1. The van der Waals surface area contributed by atoms with Gasteiger partial charge in [-0.25, -0.2) is 0 Å². The van der Waals surface area contributed by atoms with Crippen LogP contribution >= 0.6 is 0 Å². The number of rotatable bonds is 1. The lowest BCUT2D eigenvalue weighted by molar-refractivity contribution is -0.136. The molecule has 0 saturated carbocycles. The number of hydrogen-bond acceptors (Lipinski definition) is 2. The summed E-state index contributed by atoms with van der Waals surface area (Å²) in [6.07, 6.45) is 3.53. The Morgan fingerprint density at radius 2 is 2.07 bits per heavy atom. The van der Waals surface area contributed by atoms with E-state index < -0.39 is 0 Å². The van der Waals surface area contributed by atoms with Crippen LogP contribution < -0.4 is 5.32 Å². The molecule has 2 fully saturated rings. The number of amides is 1. The molecule has 2 atom stereocenters. The highest BCUT2D eigenvalue weighted by molar-refractivity contribution is 5.79. The van der Waals surface area contributed by atoms with Crippen molar-refractivity contribution in [1.29, 1.82) is 0 Å². The first-order valence-corrected chi connectivity index (χ1v) is 5.78. The Morgan fingerprint density at radius 3 is 2.71 bits per heavy atom. The first kappa shape index (κ1) is 9.97. The van der Waals surface area contributed by atoms with Crippen LogP contribution in [0.2, 0.25) is 0 Å². The molecule has 3 heteroatoms. The third kappa shape index (κ3) is 1.92. The first-order chi connectivity index (χ1) is 6.79. The molecule has 1 N–H and O–H groups in total. The lowest BCUT2D eigenvalue weighted by atomic mass is 9.87. The van der Waals surface area contributed by atoms with Gasteiger partial charge in [0.15, 0.2) is 0 Å². The lowest BCUT2D eigenvalue weighted by Gasteiger charge is -2.31. The predicted octanol–water partition coefficient (Wildman–Crippen LogP) is 0.854. The molecular weight excluding hydrogens is 176 g/mol. The monoisotopic (exact) mass is 196 g/mol. The molecule has 0 aliphatic carbocycles. The zero-order chi connectivity index (χ0) is 9.97. The molecule has 3 nitrogen and oxygen atoms in total. The fourth-order valence-corrected chi connectivity index (χ4v) is 2.49. The summed E-state index contributed by atoms with van der Waals surface area (Å²) < 4.78 is 0. The molecule has 14 heavy (non-hydrogen) atoms. The van der Waals surface area contributed by atoms with Crippen molar-refractivity contribution in [2.24, 2.45) is 11.8 Å². The minimum Gasteiger partial charge on any atom is -0.342 e. The Labute approximate surface area is 85.8 Å². The van der Waals surface area contributed by atoms with Crippen molar-refractivity contribution >= 4 is 5.91 Å². The molecule has 2 saturated heterocycles. The molecule has 0 unspecified atom stereocenters. The van der Waals surface area contributed by atoms with Gasteiger partial charge in [0.2, 0.25) is 5.91 Å². The fraction of sp³-hybridized carbons (Fsp3) is 0.909. The normalized spacial score (nSPS) is 33.4. The molecular formula is C11H20N2O. The highest BCUT2D eigenvalue weighted by Crippen LogP contribution is 2.22. The Bertz CT molecular complexity index is 211. The second kappa shape index (κ2) is 4.30. The van der Waals surface area contributed by atoms with E-state index in [9.17, 15) is 4.79 Å². The van der Waals surface area contributed by atoms with Crippen molar-refractivity contribution in [3.63, 3.8) is 0 Å². The smallest absolute Gasteiger partial charge is 0.227 e. The maximum Gasteiger partial charge on any atom is 0.227 e. The van der Waals surface area contributed by atoms with Gasteiger partial charge in [0.05, 0.1) is 5.92 Å². The Hall–Kier alpha value is -0.570. The summed E-state index contributed by atoms with van der Waals surface area (Å²) in [6.45, 7) is 6.14. The van der Waals surface area contributed by atoms with E-state index in [0.29, 0.717) is 11.8 Å². The standard InChI is InChI=1S/C11H20N2O/c1-9-4-5-12-8-10(9)11(14)13-6-2-3-7-13/h9-10,12H,2-8H2,1H3/t9-,10+/m0/s1. The van der Waals surface area contributed by atoms with E-state index in [1.165, 1.54) is 12.8 Å². The van der Waals surface area contributed by atoms with Crippen molar-refractivity contribution in [3.05, 3.63) is 0 Å². The average Bonchev–Trinajstić information content (AvgIpc) is 2.70. The average molecular weight is 196 g/mol. The zero-order valence-corrected chi connectivity index (χ0v) is 8.96. The van der Waals surface area contributed by atoms with E-state index in [2.05, 4.69) is 12.2 Å². The zero-order valence-electron chi connectivity index (χ0n) is 8.96. The topological polar surface area (TPSA) is 32.3 Å². The highest BCUT2D eigenvalue weighted by atomic mass is 16.2. The van der Waals surface area contributed by atoms with Gasteiger partial charge in [-0.15, -0.1) is 0 Å². The van der Waals surface area contributed by atoms with Gasteiger partial charge in [-0.1, -0.05) is 6.92 Å². The summed E-state index contributed by atoms with van der Waals surface area (Å²) in [4.78, 5) is 14.1. The number of hydrogen-bond donors (Lipinski definition) is 1. The Balaban J connectivity index is 1.94. The van der Waals surface area contributed by atoms with Gasteiger partial charge < -0.3 is 10.2 Å². The molecule has 0 aromatic carbocycles. The molecule has 2 aliphatic heterocycles. The van der Waals surface area contributed by atoms with E-state index in [0.717, 1.165) is 32.6 Å². The third-order valence-electron chi connectivity index (χ3n) is 3.56. The molecule has 0 spiro atoms. The van der Waals surface area contributed by atoms with Crippen LogP contribution in [0.3, 0.4) is 0 Å². The SMILES string of the molecule is C[C@H]1CCNC[C@H]1C(=O)N1CCCC1. The number of carbonyl (C=O) groups is 1. The van der Waals surface area contributed by atoms with Gasteiger partial charge >= 0.3 is 0 Å². The molecule has 0 radical (unpaired) electrons. The van der Waals surface area contributed by atoms with Gasteiger partial charge in [-0.05, 0) is 31.7 Å². The first-order valence-electron chi connectivity index (χ1n) is 5.78. The van der Waals surface area contributed by atoms with Crippen LogP contribution in [0, 0.1) is 11.8 Å². The molecule has 2 rings (SSSR count). The summed E-state index contributed by atoms with van der Waals surface area (Å²) in [5.74, 6) is 1.19. The maximum absolute atomic E-state index is 12.1. The van der Waals surface area contributed by atoms with Crippen LogP contribution in [-0.2, 0) is 4.79 Å². The van der Waals surface area contributed by atoms with E-state index in [1.54, 1.807) is 0 Å². The van der Waals surface area contributed by atoms with Crippen LogP contribution in [0.5, 0.6) is 0 Å². The molecule has 0 aromatic heterocycles. The second-order valence-electron chi connectivity index (χ2n) is 4.61. The number of nitrogens with zero attached hydrogens (tertiary/aromatic N) is 1. The molecule has 2 heterocycles. The number of carbonyl (C=O) groups excluding carboxylic acids is 1. The van der Waals surface area contributed by atoms with E-state index in [-0.39, 0.29) is 5.92 Å². The van der Waals surface area contributed by atoms with Crippen LogP contribution in [-0.4, -0.2) is 37.0 Å². The molecule has 2 aliphatic rings. The van der Waals surface area contributed by atoms with Crippen molar-refractivity contribution in [3.8, 4) is 0 Å². The quantitative estimate of drug-likeness (QED) is 0.674. The van der Waals surface area contributed by atoms with Crippen molar-refractivity contribution in [1.82, 2.24) is 10.2 Å². The number of likely N-dealkylation sites (tertiary alicyclic amines) is 1. The maximum atomic E-state index is 12.1. The summed E-state index contributed by atoms with van der Waals surface area (Å²) in [5.41, 5.74) is 0. The van der Waals surface area contributed by atoms with E-state index >= 15 is 0 Å². The molecule has 1 amide bonds. The largest absolute Gasteiger partial charge is 0.342 e. The Morgan fingerprint density at radius 1 is 1.36 bits per heavy atom. The number of piperidine rings is 1. The van der Waals surface area contributed by atoms with Crippen molar-refractivity contribution in [2.45, 2.75) is 26.2 Å².